The lowest BCUT2D eigenvalue weighted by molar-refractivity contribution is 0.0516. The SMILES string of the molecule is CCOC(=O)c1nc2c(s1)-c1cc(-c3cnn(C)c3)ccc1CCC2.CCOC(=O)c1nc2c(s1)-c1cc(Br)ccc1CCC2.Cc1cnccc1NC(=O)c1nc2c(s1)-c1cc(-c3cnn(C)c3)ccc1CCC2. The lowest BCUT2D eigenvalue weighted by Crippen LogP contribution is -2.12. The number of anilines is 1. The maximum absolute atomic E-state index is 12.9. The molecule has 9 aromatic rings. The van der Waals surface area contributed by atoms with Gasteiger partial charge in [0.2, 0.25) is 10.0 Å². The molecule has 14 nitrogen and oxygen atoms in total. The average molecular weight is 1120 g/mol. The van der Waals surface area contributed by atoms with Crippen molar-refractivity contribution < 1.29 is 23.9 Å². The number of benzene rings is 3. The third-order valence-electron chi connectivity index (χ3n) is 13.1. The number of hydrogen-bond acceptors (Lipinski definition) is 14. The van der Waals surface area contributed by atoms with Gasteiger partial charge < -0.3 is 14.8 Å². The number of nitrogens with zero attached hydrogens (tertiary/aromatic N) is 8. The van der Waals surface area contributed by atoms with Crippen LogP contribution in [0.1, 0.15) is 102 Å². The number of aromatic nitrogens is 8. The van der Waals surface area contributed by atoms with Crippen molar-refractivity contribution in [1.29, 1.82) is 0 Å². The Morgan fingerprint density at radius 3 is 1.49 bits per heavy atom. The van der Waals surface area contributed by atoms with Crippen LogP contribution in [0.15, 0.2) is 102 Å². The van der Waals surface area contributed by atoms with Gasteiger partial charge in [-0.25, -0.2) is 24.5 Å². The summed E-state index contributed by atoms with van der Waals surface area (Å²) in [4.78, 5) is 57.9. The summed E-state index contributed by atoms with van der Waals surface area (Å²) < 4.78 is 14.8. The number of aryl methyl sites for hydroxylation is 9. The van der Waals surface area contributed by atoms with Crippen molar-refractivity contribution >= 4 is 73.5 Å². The predicted octanol–water partition coefficient (Wildman–Crippen LogP) is 12.8. The Bertz CT molecular complexity index is 3590. The minimum atomic E-state index is -0.328. The van der Waals surface area contributed by atoms with Gasteiger partial charge in [0.1, 0.15) is 0 Å². The highest BCUT2D eigenvalue weighted by Crippen LogP contribution is 2.42. The summed E-state index contributed by atoms with van der Waals surface area (Å²) in [5, 5.41) is 12.9. The Hall–Kier alpha value is -6.99. The number of fused-ring (bicyclic) bond motifs is 9. The first-order valence-electron chi connectivity index (χ1n) is 25.0. The van der Waals surface area contributed by atoms with E-state index in [1.165, 1.54) is 67.4 Å². The molecule has 3 aliphatic carbocycles. The van der Waals surface area contributed by atoms with Gasteiger partial charge in [-0.15, -0.1) is 34.0 Å². The minimum Gasteiger partial charge on any atom is -0.461 e. The Balaban J connectivity index is 0.000000131. The lowest BCUT2D eigenvalue weighted by Gasteiger charge is -2.08. The van der Waals surface area contributed by atoms with Crippen LogP contribution >= 0.6 is 49.9 Å². The highest BCUT2D eigenvalue weighted by molar-refractivity contribution is 9.10. The van der Waals surface area contributed by atoms with Crippen LogP contribution in [0, 0.1) is 6.92 Å². The summed E-state index contributed by atoms with van der Waals surface area (Å²) in [7, 11) is 3.84. The smallest absolute Gasteiger partial charge is 0.367 e. The number of carbonyl (C=O) groups is 3. The van der Waals surface area contributed by atoms with Crippen LogP contribution in [0.4, 0.5) is 5.69 Å². The first kappa shape index (κ1) is 51.5. The largest absolute Gasteiger partial charge is 0.461 e. The van der Waals surface area contributed by atoms with Crippen LogP contribution < -0.4 is 5.32 Å². The normalized spacial score (nSPS) is 13.0. The third-order valence-corrected chi connectivity index (χ3v) is 17.0. The number of amides is 1. The zero-order valence-corrected chi connectivity index (χ0v) is 46.3. The zero-order valence-electron chi connectivity index (χ0n) is 42.2. The molecule has 18 heteroatoms. The molecular weight excluding hydrogens is 1070 g/mol. The number of halogens is 1. The summed E-state index contributed by atoms with van der Waals surface area (Å²) in [5.41, 5.74) is 16.7. The Labute approximate surface area is 455 Å². The van der Waals surface area contributed by atoms with E-state index in [0.717, 1.165) is 127 Å². The maximum atomic E-state index is 12.9. The Kier molecular flexibility index (Phi) is 15.7. The predicted molar refractivity (Wildman–Crippen MR) is 300 cm³/mol. The summed E-state index contributed by atoms with van der Waals surface area (Å²) in [6, 6.07) is 21.2. The molecule has 0 unspecified atom stereocenters. The van der Waals surface area contributed by atoms with E-state index in [9.17, 15) is 14.4 Å². The molecule has 0 aliphatic heterocycles. The van der Waals surface area contributed by atoms with Gasteiger partial charge in [-0.2, -0.15) is 10.2 Å². The highest BCUT2D eigenvalue weighted by atomic mass is 79.9. The quantitative estimate of drug-likeness (QED) is 0.144. The fourth-order valence-corrected chi connectivity index (χ4v) is 13.0. The van der Waals surface area contributed by atoms with Crippen LogP contribution in [-0.2, 0) is 62.1 Å². The minimum absolute atomic E-state index is 0.174. The molecule has 0 atom stereocenters. The molecule has 6 heterocycles. The van der Waals surface area contributed by atoms with Gasteiger partial charge in [-0.1, -0.05) is 46.3 Å². The molecule has 0 saturated heterocycles. The van der Waals surface area contributed by atoms with Crippen molar-refractivity contribution in [3.63, 3.8) is 0 Å². The Morgan fingerprint density at radius 1 is 0.587 bits per heavy atom. The second-order valence-corrected chi connectivity index (χ2v) is 22.3. The van der Waals surface area contributed by atoms with E-state index in [4.69, 9.17) is 14.5 Å². The third kappa shape index (κ3) is 11.5. The van der Waals surface area contributed by atoms with E-state index in [1.807, 2.05) is 64.3 Å². The topological polar surface area (TPSA) is 169 Å². The lowest BCUT2D eigenvalue weighted by atomic mass is 9.99. The maximum Gasteiger partial charge on any atom is 0.367 e. The molecule has 0 fully saturated rings. The fraction of sp³-hybridized carbons (Fsp3) is 0.281. The molecule has 75 heavy (non-hydrogen) atoms. The first-order valence-corrected chi connectivity index (χ1v) is 28.3. The number of pyridine rings is 1. The van der Waals surface area contributed by atoms with Crippen molar-refractivity contribution in [2.75, 3.05) is 18.5 Å². The van der Waals surface area contributed by atoms with Crippen molar-refractivity contribution in [3.8, 4) is 53.6 Å². The summed E-state index contributed by atoms with van der Waals surface area (Å²) in [6.07, 6.45) is 20.1. The Morgan fingerprint density at radius 2 is 1.04 bits per heavy atom. The molecule has 1 amide bonds. The van der Waals surface area contributed by atoms with E-state index in [-0.39, 0.29) is 17.8 Å². The van der Waals surface area contributed by atoms with Crippen molar-refractivity contribution in [2.24, 2.45) is 14.1 Å². The van der Waals surface area contributed by atoms with Gasteiger partial charge >= 0.3 is 11.9 Å². The van der Waals surface area contributed by atoms with Crippen LogP contribution in [0.2, 0.25) is 0 Å². The molecule has 0 radical (unpaired) electrons. The molecule has 0 saturated carbocycles. The van der Waals surface area contributed by atoms with Crippen molar-refractivity contribution in [3.05, 3.63) is 157 Å². The van der Waals surface area contributed by atoms with E-state index in [2.05, 4.69) is 101 Å². The first-order chi connectivity index (χ1) is 36.4. The average Bonchev–Trinajstić information content (AvgIpc) is 4.26. The number of hydrogen-bond donors (Lipinski definition) is 1. The van der Waals surface area contributed by atoms with Gasteiger partial charge in [-0.05, 0) is 159 Å². The van der Waals surface area contributed by atoms with Crippen LogP contribution in [0.3, 0.4) is 0 Å². The zero-order chi connectivity index (χ0) is 52.2. The number of rotatable bonds is 8. The summed E-state index contributed by atoms with van der Waals surface area (Å²) in [5.74, 6) is -0.819. The summed E-state index contributed by atoms with van der Waals surface area (Å²) >= 11 is 7.88. The molecular formula is C57H54BrN9O5S3. The highest BCUT2D eigenvalue weighted by Gasteiger charge is 2.26. The number of ether oxygens (including phenoxy) is 2. The fourth-order valence-electron chi connectivity index (χ4n) is 9.47. The standard InChI is InChI=1S/C23H21N5OS.C19H19N3O2S.C15H14BrNO2S/c1-14-11-24-9-8-19(14)26-22(29)23-27-20-5-3-4-15-6-7-16(10-18(15)21(20)30-23)17-12-25-28(2)13-17;1-3-24-19(23)18-21-16-6-4-5-12-7-8-13(9-15(12)17(16)25-18)14-10-20-22(2)11-14;1-2-19-15(18)14-17-12-5-3-4-9-6-7-10(16)8-11(9)13(12)20-14/h6-13H,3-5H2,1-2H3,(H,24,26,29);7-11H,3-6H2,1-2H3;6-8H,2-5H2,1H3. The van der Waals surface area contributed by atoms with Crippen LogP contribution in [-0.4, -0.2) is 70.6 Å². The number of thiazole rings is 3. The van der Waals surface area contributed by atoms with E-state index < -0.39 is 0 Å². The summed E-state index contributed by atoms with van der Waals surface area (Å²) in [6.45, 7) is 6.29. The molecule has 0 bridgehead atoms. The molecule has 0 spiro atoms. The molecule has 6 aromatic heterocycles. The van der Waals surface area contributed by atoms with E-state index in [0.29, 0.717) is 28.2 Å². The van der Waals surface area contributed by atoms with E-state index >= 15 is 0 Å². The van der Waals surface area contributed by atoms with Gasteiger partial charge in [0, 0.05) is 60.2 Å². The number of carbonyl (C=O) groups excluding carboxylic acids is 3. The number of nitrogens with one attached hydrogen (secondary N) is 1. The van der Waals surface area contributed by atoms with Gasteiger partial charge in [0.05, 0.1) is 57.3 Å². The van der Waals surface area contributed by atoms with Crippen LogP contribution in [0.5, 0.6) is 0 Å². The number of esters is 2. The van der Waals surface area contributed by atoms with Gasteiger partial charge in [-0.3, -0.25) is 19.1 Å². The molecule has 3 aliphatic rings. The van der Waals surface area contributed by atoms with E-state index in [1.54, 1.807) is 23.1 Å². The monoisotopic (exact) mass is 1120 g/mol. The molecule has 1 N–H and O–H groups in total. The van der Waals surface area contributed by atoms with Crippen molar-refractivity contribution in [2.45, 2.75) is 78.6 Å². The van der Waals surface area contributed by atoms with Gasteiger partial charge in [0.15, 0.2) is 5.01 Å². The van der Waals surface area contributed by atoms with Crippen LogP contribution in [0.25, 0.3) is 53.6 Å². The molecule has 382 valence electrons. The molecule has 3 aromatic carbocycles. The van der Waals surface area contributed by atoms with Crippen molar-refractivity contribution in [1.82, 2.24) is 39.5 Å². The second kappa shape index (κ2) is 22.9. The second-order valence-electron chi connectivity index (χ2n) is 18.4. The molecule has 12 rings (SSSR count). The van der Waals surface area contributed by atoms with Gasteiger partial charge in [0.25, 0.3) is 5.91 Å².